The molecule has 0 heterocycles. The molecule has 1 spiro atoms. The number of nitrogens with two attached hydrogens (primary N) is 1. The van der Waals surface area contributed by atoms with Crippen LogP contribution in [-0.2, 0) is 10.0 Å². The first-order valence-corrected chi connectivity index (χ1v) is 11.0. The third-order valence-electron chi connectivity index (χ3n) is 5.97. The number of hydrogen-bond acceptors (Lipinski definition) is 5. The van der Waals surface area contributed by atoms with Crippen LogP contribution in [-0.4, -0.2) is 29.7 Å². The van der Waals surface area contributed by atoms with Crippen molar-refractivity contribution in [2.24, 2.45) is 10.6 Å². The van der Waals surface area contributed by atoms with Crippen molar-refractivity contribution in [1.82, 2.24) is 0 Å². The number of primary sulfonamides is 1. The summed E-state index contributed by atoms with van der Waals surface area (Å²) in [5, 5.41) is 5.24. The molecule has 2 aromatic carbocycles. The van der Waals surface area contributed by atoms with E-state index in [9.17, 15) is 8.42 Å². The Kier molecular flexibility index (Phi) is 4.83. The lowest BCUT2D eigenvalue weighted by molar-refractivity contribution is 0.324. The van der Waals surface area contributed by atoms with Gasteiger partial charge in [-0.15, -0.1) is 0 Å². The second-order valence-corrected chi connectivity index (χ2v) is 9.36. The molecule has 154 valence electrons. The van der Waals surface area contributed by atoms with Crippen LogP contribution in [0.2, 0.25) is 0 Å². The number of allylic oxidation sites excluding steroid dienone is 2. The molecule has 1 fully saturated rings. The van der Waals surface area contributed by atoms with Crippen molar-refractivity contribution in [2.75, 3.05) is 21.3 Å². The Morgan fingerprint density at radius 2 is 1.34 bits per heavy atom. The van der Waals surface area contributed by atoms with Crippen LogP contribution in [0.25, 0.3) is 11.1 Å². The van der Waals surface area contributed by atoms with Crippen LogP contribution in [0, 0.1) is 5.41 Å². The summed E-state index contributed by atoms with van der Waals surface area (Å²) in [6, 6.07) is 10.8. The average molecular weight is 416 g/mol. The number of hydrogen-bond donors (Lipinski definition) is 1. The van der Waals surface area contributed by atoms with Crippen LogP contribution in [0.3, 0.4) is 0 Å². The highest BCUT2D eigenvalue weighted by Crippen LogP contribution is 2.63. The largest absolute Gasteiger partial charge is 0.493 e. The van der Waals surface area contributed by atoms with E-state index in [2.05, 4.69) is 0 Å². The van der Waals surface area contributed by atoms with Gasteiger partial charge in [0.05, 0.1) is 26.2 Å². The second kappa shape index (κ2) is 7.07. The molecule has 0 aliphatic heterocycles. The second-order valence-electron chi connectivity index (χ2n) is 7.79. The molecular formula is C22H25NO5S. The van der Waals surface area contributed by atoms with Gasteiger partial charge in [0.1, 0.15) is 0 Å². The smallest absolute Gasteiger partial charge is 0.238 e. The van der Waals surface area contributed by atoms with Gasteiger partial charge in [0.25, 0.3) is 0 Å². The Morgan fingerprint density at radius 3 is 1.76 bits per heavy atom. The van der Waals surface area contributed by atoms with Gasteiger partial charge in [-0.2, -0.15) is 0 Å². The quantitative estimate of drug-likeness (QED) is 0.774. The molecule has 2 aliphatic rings. The van der Waals surface area contributed by atoms with Crippen molar-refractivity contribution in [3.8, 4) is 17.2 Å². The average Bonchev–Trinajstić information content (AvgIpc) is 3.36. The van der Waals surface area contributed by atoms with E-state index in [-0.39, 0.29) is 4.90 Å². The van der Waals surface area contributed by atoms with Gasteiger partial charge < -0.3 is 14.2 Å². The molecule has 0 atom stereocenters. The maximum Gasteiger partial charge on any atom is 0.238 e. The summed E-state index contributed by atoms with van der Waals surface area (Å²) in [7, 11) is 1.10. The van der Waals surface area contributed by atoms with Gasteiger partial charge in [0, 0.05) is 0 Å². The Balaban J connectivity index is 1.83. The van der Waals surface area contributed by atoms with E-state index in [1.54, 1.807) is 33.5 Å². The maximum atomic E-state index is 11.6. The lowest BCUT2D eigenvalue weighted by Crippen LogP contribution is -2.11. The summed E-state index contributed by atoms with van der Waals surface area (Å²) in [6.07, 6.45) is 4.38. The molecule has 6 nitrogen and oxygen atoms in total. The SMILES string of the molecule is COc1cc(C2=C(c3ccc(S(N)(=O)=O)cc3)CC3(CC3)C2)cc(OC)c1OC. The first-order chi connectivity index (χ1) is 13.8. The van der Waals surface area contributed by atoms with E-state index >= 15 is 0 Å². The van der Waals surface area contributed by atoms with Crippen LogP contribution in [0.5, 0.6) is 17.2 Å². The molecular weight excluding hydrogens is 390 g/mol. The van der Waals surface area contributed by atoms with Gasteiger partial charge in [-0.05, 0) is 77.6 Å². The third kappa shape index (κ3) is 3.60. The zero-order valence-corrected chi connectivity index (χ0v) is 17.6. The van der Waals surface area contributed by atoms with Gasteiger partial charge in [-0.1, -0.05) is 12.1 Å². The van der Waals surface area contributed by atoms with Crippen LogP contribution in [0.15, 0.2) is 41.3 Å². The molecule has 0 radical (unpaired) electrons. The van der Waals surface area contributed by atoms with E-state index in [0.717, 1.165) is 24.0 Å². The summed E-state index contributed by atoms with van der Waals surface area (Å²) in [5.41, 5.74) is 4.85. The summed E-state index contributed by atoms with van der Waals surface area (Å²) >= 11 is 0. The molecule has 0 saturated heterocycles. The Labute approximate surface area is 171 Å². The van der Waals surface area contributed by atoms with Crippen molar-refractivity contribution in [2.45, 2.75) is 30.6 Å². The van der Waals surface area contributed by atoms with Gasteiger partial charge in [0.15, 0.2) is 11.5 Å². The molecule has 0 aromatic heterocycles. The lowest BCUT2D eigenvalue weighted by Gasteiger charge is -2.16. The molecule has 0 unspecified atom stereocenters. The molecule has 7 heteroatoms. The normalized spacial score (nSPS) is 17.5. The zero-order chi connectivity index (χ0) is 20.8. The van der Waals surface area contributed by atoms with E-state index < -0.39 is 10.0 Å². The Hall–Kier alpha value is -2.51. The van der Waals surface area contributed by atoms with Gasteiger partial charge in [-0.3, -0.25) is 0 Å². The van der Waals surface area contributed by atoms with E-state index in [4.69, 9.17) is 19.3 Å². The Morgan fingerprint density at radius 1 is 0.828 bits per heavy atom. The number of methoxy groups -OCH3 is 3. The predicted octanol–water partition coefficient (Wildman–Crippen LogP) is 3.84. The number of sulfonamides is 1. The van der Waals surface area contributed by atoms with Gasteiger partial charge in [-0.25, -0.2) is 13.6 Å². The van der Waals surface area contributed by atoms with E-state index in [1.807, 2.05) is 24.3 Å². The maximum absolute atomic E-state index is 11.6. The van der Waals surface area contributed by atoms with Crippen molar-refractivity contribution >= 4 is 21.2 Å². The summed E-state index contributed by atoms with van der Waals surface area (Å²) in [6.45, 7) is 0. The fourth-order valence-electron chi connectivity index (χ4n) is 4.21. The first-order valence-electron chi connectivity index (χ1n) is 9.46. The van der Waals surface area contributed by atoms with Crippen molar-refractivity contribution in [3.05, 3.63) is 47.5 Å². The fourth-order valence-corrected chi connectivity index (χ4v) is 4.73. The number of benzene rings is 2. The molecule has 0 bridgehead atoms. The van der Waals surface area contributed by atoms with Crippen molar-refractivity contribution in [1.29, 1.82) is 0 Å². The number of ether oxygens (including phenoxy) is 3. The summed E-state index contributed by atoms with van der Waals surface area (Å²) in [4.78, 5) is 0.121. The highest BCUT2D eigenvalue weighted by Gasteiger charge is 2.48. The predicted molar refractivity (Wildman–Crippen MR) is 112 cm³/mol. The van der Waals surface area contributed by atoms with Crippen LogP contribution in [0.1, 0.15) is 36.8 Å². The van der Waals surface area contributed by atoms with Crippen molar-refractivity contribution < 1.29 is 22.6 Å². The molecule has 4 rings (SSSR count). The first kappa shape index (κ1) is 19.8. The molecule has 2 aliphatic carbocycles. The van der Waals surface area contributed by atoms with Crippen LogP contribution >= 0.6 is 0 Å². The summed E-state index contributed by atoms with van der Waals surface area (Å²) in [5.74, 6) is 1.81. The molecule has 29 heavy (non-hydrogen) atoms. The zero-order valence-electron chi connectivity index (χ0n) is 16.8. The highest BCUT2D eigenvalue weighted by atomic mass is 32.2. The summed E-state index contributed by atoms with van der Waals surface area (Å²) < 4.78 is 39.7. The number of rotatable bonds is 6. The van der Waals surface area contributed by atoms with E-state index in [0.29, 0.717) is 22.7 Å². The van der Waals surface area contributed by atoms with Crippen molar-refractivity contribution in [3.63, 3.8) is 0 Å². The van der Waals surface area contributed by atoms with Crippen LogP contribution < -0.4 is 19.3 Å². The minimum atomic E-state index is -3.71. The molecule has 2 N–H and O–H groups in total. The van der Waals surface area contributed by atoms with Gasteiger partial charge in [0.2, 0.25) is 15.8 Å². The fraction of sp³-hybridized carbons (Fsp3) is 0.364. The van der Waals surface area contributed by atoms with E-state index in [1.165, 1.54) is 24.0 Å². The minimum Gasteiger partial charge on any atom is -0.493 e. The van der Waals surface area contributed by atoms with Gasteiger partial charge >= 0.3 is 0 Å². The lowest BCUT2D eigenvalue weighted by atomic mass is 9.96. The Bertz CT molecular complexity index is 1060. The highest BCUT2D eigenvalue weighted by molar-refractivity contribution is 7.89. The monoisotopic (exact) mass is 415 g/mol. The topological polar surface area (TPSA) is 87.9 Å². The molecule has 2 aromatic rings. The third-order valence-corrected chi connectivity index (χ3v) is 6.90. The standard InChI is InChI=1S/C22H25NO5S/c1-26-19-10-15(11-20(27-2)21(19)28-3)18-13-22(8-9-22)12-17(18)14-4-6-16(7-5-14)29(23,24)25/h4-7,10-11H,8-9,12-13H2,1-3H3,(H2,23,24,25). The minimum absolute atomic E-state index is 0.121. The molecule has 1 saturated carbocycles. The molecule has 0 amide bonds. The van der Waals surface area contributed by atoms with Crippen LogP contribution in [0.4, 0.5) is 0 Å².